The largest absolute Gasteiger partial charge is 0.308 e. The predicted octanol–water partition coefficient (Wildman–Crippen LogP) is 6.49. The lowest BCUT2D eigenvalue weighted by molar-refractivity contribution is 1.21. The monoisotopic (exact) mass is 338 g/mol. The van der Waals surface area contributed by atoms with E-state index in [1.807, 2.05) is 48.7 Å². The van der Waals surface area contributed by atoms with Crippen molar-refractivity contribution in [1.82, 2.24) is 4.98 Å². The summed E-state index contributed by atoms with van der Waals surface area (Å²) in [5.41, 5.74) is 5.25. The minimum atomic E-state index is 0.971. The van der Waals surface area contributed by atoms with E-state index in [9.17, 15) is 0 Å². The van der Waals surface area contributed by atoms with Crippen LogP contribution in [0.3, 0.4) is 0 Å². The van der Waals surface area contributed by atoms with Crippen molar-refractivity contribution in [3.05, 3.63) is 116 Å². The van der Waals surface area contributed by atoms with Crippen molar-refractivity contribution in [3.63, 3.8) is 0 Å². The average Bonchev–Trinajstić information content (AvgIpc) is 2.68. The van der Waals surface area contributed by atoms with E-state index in [2.05, 4.69) is 60.3 Å². The molecule has 1 aromatic heterocycles. The van der Waals surface area contributed by atoms with E-state index < -0.39 is 0 Å². The molecule has 1 heterocycles. The maximum absolute atomic E-state index is 4.67. The molecule has 0 N–H and O–H groups in total. The van der Waals surface area contributed by atoms with Gasteiger partial charge in [-0.15, -0.1) is 0 Å². The van der Waals surface area contributed by atoms with E-state index in [-0.39, 0.29) is 0 Å². The van der Waals surface area contributed by atoms with Crippen molar-refractivity contribution in [2.75, 3.05) is 4.90 Å². The minimum Gasteiger partial charge on any atom is -0.308 e. The molecule has 26 heavy (non-hydrogen) atoms. The second-order valence-corrected chi connectivity index (χ2v) is 5.89. The van der Waals surface area contributed by atoms with Crippen molar-refractivity contribution in [2.24, 2.45) is 0 Å². The molecular weight excluding hydrogens is 316 g/mol. The van der Waals surface area contributed by atoms with Gasteiger partial charge in [-0.2, -0.15) is 0 Å². The van der Waals surface area contributed by atoms with Gasteiger partial charge in [-0.25, -0.2) is 0 Å². The molecule has 0 saturated heterocycles. The quantitative estimate of drug-likeness (QED) is 0.477. The van der Waals surface area contributed by atoms with Crippen LogP contribution in [0.25, 0.3) is 10.9 Å². The van der Waals surface area contributed by atoms with Crippen molar-refractivity contribution in [3.8, 4) is 0 Å². The van der Waals surface area contributed by atoms with E-state index in [4.69, 9.17) is 0 Å². The summed E-state index contributed by atoms with van der Waals surface area (Å²) < 4.78 is 0. The lowest BCUT2D eigenvalue weighted by atomic mass is 10.1. The van der Waals surface area contributed by atoms with Crippen molar-refractivity contribution in [1.29, 1.82) is 0 Å². The molecule has 0 aliphatic carbocycles. The Balaban J connectivity index is 2.30. The minimum absolute atomic E-state index is 0.971. The molecule has 0 spiro atoms. The second-order valence-electron chi connectivity index (χ2n) is 5.89. The highest BCUT2D eigenvalue weighted by molar-refractivity contribution is 5.96. The Hall–Kier alpha value is -3.39. The van der Waals surface area contributed by atoms with E-state index in [1.54, 1.807) is 12.2 Å². The highest BCUT2D eigenvalue weighted by atomic mass is 15.2. The van der Waals surface area contributed by atoms with Gasteiger partial charge < -0.3 is 4.90 Å². The van der Waals surface area contributed by atoms with E-state index in [0.717, 1.165) is 28.0 Å². The molecule has 0 bridgehead atoms. The molecular formula is C24H22N2. The Morgan fingerprint density at radius 1 is 0.962 bits per heavy atom. The van der Waals surface area contributed by atoms with Crippen LogP contribution >= 0.6 is 0 Å². The molecule has 0 unspecified atom stereocenters. The lowest BCUT2D eigenvalue weighted by Gasteiger charge is -2.27. The van der Waals surface area contributed by atoms with Crippen LogP contribution in [0, 0.1) is 6.92 Å². The van der Waals surface area contributed by atoms with Gasteiger partial charge in [-0.1, -0.05) is 61.7 Å². The third-order valence-electron chi connectivity index (χ3n) is 4.17. The molecule has 0 fully saturated rings. The fourth-order valence-electron chi connectivity index (χ4n) is 2.98. The molecule has 3 rings (SSSR count). The van der Waals surface area contributed by atoms with Crippen LogP contribution < -0.4 is 4.90 Å². The maximum atomic E-state index is 4.67. The summed E-state index contributed by atoms with van der Waals surface area (Å²) in [7, 11) is 0. The number of anilines is 2. The van der Waals surface area contributed by atoms with Crippen LogP contribution in [0.15, 0.2) is 110 Å². The summed E-state index contributed by atoms with van der Waals surface area (Å²) in [5.74, 6) is 0. The Morgan fingerprint density at radius 3 is 2.50 bits per heavy atom. The topological polar surface area (TPSA) is 16.1 Å². The zero-order valence-electron chi connectivity index (χ0n) is 15.0. The summed E-state index contributed by atoms with van der Waals surface area (Å²) in [6, 6.07) is 18.6. The molecule has 128 valence electrons. The zero-order valence-corrected chi connectivity index (χ0v) is 15.0. The van der Waals surface area contributed by atoms with Gasteiger partial charge in [0.1, 0.15) is 0 Å². The summed E-state index contributed by atoms with van der Waals surface area (Å²) in [5, 5.41) is 1.15. The first kappa shape index (κ1) is 17.4. The number of hydrogen-bond donors (Lipinski definition) is 0. The molecule has 2 aromatic carbocycles. The molecule has 0 atom stereocenters. The van der Waals surface area contributed by atoms with Crippen molar-refractivity contribution >= 4 is 22.3 Å². The van der Waals surface area contributed by atoms with Crippen LogP contribution in [-0.2, 0) is 0 Å². The number of aromatic nitrogens is 1. The number of hydrogen-bond acceptors (Lipinski definition) is 2. The Kier molecular flexibility index (Phi) is 5.45. The number of allylic oxidation sites excluding steroid dienone is 5. The SMILES string of the molecule is C=C/C=C\C(=C/C=C)N(c1ccccc1)c1cccc2c(C)ccnc12. The number of pyridine rings is 1. The van der Waals surface area contributed by atoms with E-state index >= 15 is 0 Å². The third kappa shape index (κ3) is 3.50. The fourth-order valence-corrected chi connectivity index (χ4v) is 2.98. The van der Waals surface area contributed by atoms with Crippen LogP contribution in [0.2, 0.25) is 0 Å². The van der Waals surface area contributed by atoms with Crippen LogP contribution in [0.4, 0.5) is 11.4 Å². The lowest BCUT2D eigenvalue weighted by Crippen LogP contribution is -2.15. The van der Waals surface area contributed by atoms with Gasteiger partial charge >= 0.3 is 0 Å². The Bertz CT molecular complexity index is 982. The first-order valence-corrected chi connectivity index (χ1v) is 8.57. The number of rotatable bonds is 6. The number of fused-ring (bicyclic) bond motifs is 1. The van der Waals surface area contributed by atoms with Crippen LogP contribution in [-0.4, -0.2) is 4.98 Å². The summed E-state index contributed by atoms with van der Waals surface area (Å²) in [6.07, 6.45) is 11.4. The van der Waals surface area contributed by atoms with Gasteiger partial charge in [-0.3, -0.25) is 4.98 Å². The normalized spacial score (nSPS) is 11.7. The van der Waals surface area contributed by atoms with Crippen LogP contribution in [0.5, 0.6) is 0 Å². The van der Waals surface area contributed by atoms with E-state index in [0.29, 0.717) is 0 Å². The summed E-state index contributed by atoms with van der Waals surface area (Å²) >= 11 is 0. The van der Waals surface area contributed by atoms with Crippen molar-refractivity contribution in [2.45, 2.75) is 6.92 Å². The van der Waals surface area contributed by atoms with Gasteiger partial charge in [0.2, 0.25) is 0 Å². The van der Waals surface area contributed by atoms with Gasteiger partial charge in [-0.05, 0) is 48.9 Å². The molecule has 0 amide bonds. The standard InChI is InChI=1S/C24H22N2/c1-4-6-12-20(11-5-2)26(21-13-8-7-9-14-21)23-16-10-15-22-19(3)17-18-25-24(22)23/h4-18H,1-2H2,3H3/b12-6-,20-11+. The first-order valence-electron chi connectivity index (χ1n) is 8.57. The number of para-hydroxylation sites is 2. The van der Waals surface area contributed by atoms with Crippen LogP contribution in [0.1, 0.15) is 5.56 Å². The second kappa shape index (κ2) is 8.13. The van der Waals surface area contributed by atoms with Gasteiger partial charge in [0.15, 0.2) is 0 Å². The first-order chi connectivity index (χ1) is 12.8. The van der Waals surface area contributed by atoms with E-state index in [1.165, 1.54) is 5.56 Å². The van der Waals surface area contributed by atoms with Crippen molar-refractivity contribution < 1.29 is 0 Å². The highest BCUT2D eigenvalue weighted by Gasteiger charge is 2.16. The maximum Gasteiger partial charge on any atom is 0.0945 e. The highest BCUT2D eigenvalue weighted by Crippen LogP contribution is 2.35. The van der Waals surface area contributed by atoms with Gasteiger partial charge in [0.25, 0.3) is 0 Å². The molecule has 2 heteroatoms. The predicted molar refractivity (Wildman–Crippen MR) is 113 cm³/mol. The zero-order chi connectivity index (χ0) is 18.4. The molecule has 2 nitrogen and oxygen atoms in total. The third-order valence-corrected chi connectivity index (χ3v) is 4.17. The average molecular weight is 338 g/mol. The summed E-state index contributed by atoms with van der Waals surface area (Å²) in [6.45, 7) is 9.77. The molecule has 3 aromatic rings. The Labute approximate surface area is 155 Å². The molecule has 0 radical (unpaired) electrons. The molecule has 0 saturated carbocycles. The fraction of sp³-hybridized carbons (Fsp3) is 0.0417. The number of nitrogens with zero attached hydrogens (tertiary/aromatic N) is 2. The summed E-state index contributed by atoms with van der Waals surface area (Å²) in [4.78, 5) is 6.86. The van der Waals surface area contributed by atoms with Gasteiger partial charge in [0, 0.05) is 23.0 Å². The molecule has 0 aliphatic rings. The number of benzene rings is 2. The number of aryl methyl sites for hydroxylation is 1. The van der Waals surface area contributed by atoms with Gasteiger partial charge in [0.05, 0.1) is 11.2 Å². The smallest absolute Gasteiger partial charge is 0.0945 e. The Morgan fingerprint density at radius 2 is 1.77 bits per heavy atom. The molecule has 0 aliphatic heterocycles.